The van der Waals surface area contributed by atoms with Crippen molar-refractivity contribution in [3.63, 3.8) is 0 Å². The Balaban J connectivity index is 1.63. The zero-order valence-electron chi connectivity index (χ0n) is 16.8. The highest BCUT2D eigenvalue weighted by Gasteiger charge is 2.31. The molecule has 2 aromatic rings. The summed E-state index contributed by atoms with van der Waals surface area (Å²) >= 11 is 0. The summed E-state index contributed by atoms with van der Waals surface area (Å²) in [6.07, 6.45) is 1.46. The number of nitrogens with zero attached hydrogens (tertiary/aromatic N) is 1. The van der Waals surface area contributed by atoms with Crippen LogP contribution in [0.25, 0.3) is 0 Å². The van der Waals surface area contributed by atoms with Crippen molar-refractivity contribution in [3.8, 4) is 5.75 Å². The maximum atomic E-state index is 12.8. The standard InChI is InChI=1S/C22H23NO6S/c1-16-7-6-8-17(2)22(16)29-14-21(25)28-13-20(24)23(18-9-4-3-5-10-18)19-11-12-30(26,27)15-19/h3-12,19H,13-15H2,1-2H3. The number of amides is 1. The van der Waals surface area contributed by atoms with Gasteiger partial charge in [-0.3, -0.25) is 4.79 Å². The molecule has 1 atom stereocenters. The van der Waals surface area contributed by atoms with Crippen LogP contribution in [0.3, 0.4) is 0 Å². The van der Waals surface area contributed by atoms with Gasteiger partial charge in [0, 0.05) is 11.1 Å². The van der Waals surface area contributed by atoms with Crippen molar-refractivity contribution >= 4 is 27.4 Å². The van der Waals surface area contributed by atoms with Crippen molar-refractivity contribution < 1.29 is 27.5 Å². The smallest absolute Gasteiger partial charge is 0.344 e. The number of rotatable bonds is 7. The van der Waals surface area contributed by atoms with Gasteiger partial charge in [-0.2, -0.15) is 0 Å². The third kappa shape index (κ3) is 5.27. The van der Waals surface area contributed by atoms with Crippen LogP contribution in [0, 0.1) is 13.8 Å². The molecule has 0 fully saturated rings. The zero-order valence-corrected chi connectivity index (χ0v) is 17.6. The van der Waals surface area contributed by atoms with Gasteiger partial charge in [-0.25, -0.2) is 13.2 Å². The first-order valence-corrected chi connectivity index (χ1v) is 11.1. The molecule has 1 aliphatic heterocycles. The van der Waals surface area contributed by atoms with Gasteiger partial charge in [0.1, 0.15) is 5.75 Å². The Morgan fingerprint density at radius 2 is 1.67 bits per heavy atom. The number of carbonyl (C=O) groups excluding carboxylic acids is 2. The number of esters is 1. The highest BCUT2D eigenvalue weighted by atomic mass is 32.2. The summed E-state index contributed by atoms with van der Waals surface area (Å²) in [6.45, 7) is 2.90. The lowest BCUT2D eigenvalue weighted by molar-refractivity contribution is -0.149. The topological polar surface area (TPSA) is 90.0 Å². The van der Waals surface area contributed by atoms with Gasteiger partial charge < -0.3 is 14.4 Å². The van der Waals surface area contributed by atoms with Crippen molar-refractivity contribution in [1.82, 2.24) is 0 Å². The number of carbonyl (C=O) groups is 2. The van der Waals surface area contributed by atoms with Gasteiger partial charge in [-0.05, 0) is 43.2 Å². The van der Waals surface area contributed by atoms with Crippen LogP contribution in [0.5, 0.6) is 5.75 Å². The van der Waals surface area contributed by atoms with Crippen LogP contribution in [0.1, 0.15) is 11.1 Å². The van der Waals surface area contributed by atoms with E-state index in [1.807, 2.05) is 32.0 Å². The molecule has 0 spiro atoms. The number of benzene rings is 2. The zero-order chi connectivity index (χ0) is 21.7. The monoisotopic (exact) mass is 429 g/mol. The van der Waals surface area contributed by atoms with Gasteiger partial charge in [0.25, 0.3) is 5.91 Å². The van der Waals surface area contributed by atoms with E-state index in [9.17, 15) is 18.0 Å². The van der Waals surface area contributed by atoms with Crippen LogP contribution in [0.15, 0.2) is 60.0 Å². The number of hydrogen-bond acceptors (Lipinski definition) is 6. The lowest BCUT2D eigenvalue weighted by Gasteiger charge is -2.27. The third-order valence-corrected chi connectivity index (χ3v) is 6.02. The first-order valence-electron chi connectivity index (χ1n) is 9.39. The average Bonchev–Trinajstić information content (AvgIpc) is 3.06. The van der Waals surface area contributed by atoms with Gasteiger partial charge in [0.15, 0.2) is 23.1 Å². The Kier molecular flexibility index (Phi) is 6.56. The SMILES string of the molecule is Cc1cccc(C)c1OCC(=O)OCC(=O)N(c1ccccc1)C1C=CS(=O)(=O)C1. The van der Waals surface area contributed by atoms with Gasteiger partial charge in [-0.1, -0.05) is 36.4 Å². The summed E-state index contributed by atoms with van der Waals surface area (Å²) in [5.74, 6) is -0.813. The molecule has 30 heavy (non-hydrogen) atoms. The lowest BCUT2D eigenvalue weighted by Crippen LogP contribution is -2.43. The van der Waals surface area contributed by atoms with Crippen LogP contribution in [-0.2, 0) is 24.2 Å². The second kappa shape index (κ2) is 9.13. The maximum Gasteiger partial charge on any atom is 0.344 e. The van der Waals surface area contributed by atoms with Crippen LogP contribution in [-0.4, -0.2) is 45.3 Å². The number of ether oxygens (including phenoxy) is 2. The molecule has 1 unspecified atom stereocenters. The highest BCUT2D eigenvalue weighted by molar-refractivity contribution is 7.94. The highest BCUT2D eigenvalue weighted by Crippen LogP contribution is 2.23. The van der Waals surface area contributed by atoms with E-state index >= 15 is 0 Å². The molecular formula is C22H23NO6S. The number of aryl methyl sites for hydroxylation is 2. The van der Waals surface area contributed by atoms with Crippen molar-refractivity contribution in [2.45, 2.75) is 19.9 Å². The summed E-state index contributed by atoms with van der Waals surface area (Å²) in [4.78, 5) is 26.2. The predicted molar refractivity (Wildman–Crippen MR) is 113 cm³/mol. The number of hydrogen-bond donors (Lipinski definition) is 0. The van der Waals surface area contributed by atoms with Crippen molar-refractivity contribution in [2.24, 2.45) is 0 Å². The molecule has 0 aliphatic carbocycles. The van der Waals surface area contributed by atoms with Crippen LogP contribution in [0.2, 0.25) is 0 Å². The van der Waals surface area contributed by atoms with E-state index in [-0.39, 0.29) is 12.4 Å². The van der Waals surface area contributed by atoms with Crippen LogP contribution >= 0.6 is 0 Å². The molecule has 0 saturated carbocycles. The van der Waals surface area contributed by atoms with E-state index in [0.717, 1.165) is 16.5 Å². The molecule has 2 aromatic carbocycles. The van der Waals surface area contributed by atoms with Gasteiger partial charge in [0.05, 0.1) is 11.8 Å². The number of anilines is 1. The second-order valence-corrected chi connectivity index (χ2v) is 8.93. The first kappa shape index (κ1) is 21.6. The van der Waals surface area contributed by atoms with Crippen molar-refractivity contribution in [2.75, 3.05) is 23.9 Å². The normalized spacial score (nSPS) is 16.8. The van der Waals surface area contributed by atoms with Crippen molar-refractivity contribution in [1.29, 1.82) is 0 Å². The fourth-order valence-electron chi connectivity index (χ4n) is 3.24. The molecule has 1 heterocycles. The molecule has 0 bridgehead atoms. The minimum Gasteiger partial charge on any atom is -0.481 e. The van der Waals surface area contributed by atoms with E-state index in [1.54, 1.807) is 30.3 Å². The van der Waals surface area contributed by atoms with E-state index in [0.29, 0.717) is 11.4 Å². The average molecular weight is 429 g/mol. The largest absolute Gasteiger partial charge is 0.481 e. The second-order valence-electron chi connectivity index (χ2n) is 6.99. The summed E-state index contributed by atoms with van der Waals surface area (Å²) in [7, 11) is -3.36. The molecule has 0 saturated heterocycles. The number of para-hydroxylation sites is 2. The molecule has 0 N–H and O–H groups in total. The van der Waals surface area contributed by atoms with E-state index < -0.39 is 34.4 Å². The molecule has 1 aliphatic rings. The first-order chi connectivity index (χ1) is 14.3. The van der Waals surface area contributed by atoms with E-state index in [4.69, 9.17) is 9.47 Å². The Bertz CT molecular complexity index is 1040. The maximum absolute atomic E-state index is 12.8. The minimum atomic E-state index is -3.36. The van der Waals surface area contributed by atoms with Crippen LogP contribution in [0.4, 0.5) is 5.69 Å². The van der Waals surface area contributed by atoms with Crippen LogP contribution < -0.4 is 9.64 Å². The van der Waals surface area contributed by atoms with Gasteiger partial charge in [0.2, 0.25) is 0 Å². The fourth-order valence-corrected chi connectivity index (χ4v) is 4.51. The molecular weight excluding hydrogens is 406 g/mol. The van der Waals surface area contributed by atoms with Crippen molar-refractivity contribution in [3.05, 3.63) is 71.1 Å². The number of sulfone groups is 1. The molecule has 8 heteroatoms. The molecule has 3 rings (SSSR count). The minimum absolute atomic E-state index is 0.211. The molecule has 1 amide bonds. The fraction of sp³-hybridized carbons (Fsp3) is 0.273. The molecule has 7 nitrogen and oxygen atoms in total. The molecule has 158 valence electrons. The summed E-state index contributed by atoms with van der Waals surface area (Å²) < 4.78 is 34.3. The van der Waals surface area contributed by atoms with E-state index in [1.165, 1.54) is 11.0 Å². The van der Waals surface area contributed by atoms with E-state index in [2.05, 4.69) is 0 Å². The Morgan fingerprint density at radius 1 is 1.00 bits per heavy atom. The predicted octanol–water partition coefficient (Wildman–Crippen LogP) is 2.57. The molecule has 0 aromatic heterocycles. The lowest BCUT2D eigenvalue weighted by atomic mass is 10.1. The van der Waals surface area contributed by atoms with Gasteiger partial charge >= 0.3 is 5.97 Å². The Morgan fingerprint density at radius 3 is 2.27 bits per heavy atom. The molecule has 0 radical (unpaired) electrons. The Labute approximate surface area is 175 Å². The van der Waals surface area contributed by atoms with Gasteiger partial charge in [-0.15, -0.1) is 0 Å². The summed E-state index contributed by atoms with van der Waals surface area (Å²) in [6, 6.07) is 13.7. The Hall–Kier alpha value is -3.13. The quantitative estimate of drug-likeness (QED) is 0.629. The summed E-state index contributed by atoms with van der Waals surface area (Å²) in [5.41, 5.74) is 2.31. The summed E-state index contributed by atoms with van der Waals surface area (Å²) in [5, 5.41) is 1.10. The third-order valence-electron chi connectivity index (χ3n) is 4.65.